The molecule has 1 aliphatic rings. The van der Waals surface area contributed by atoms with Gasteiger partial charge >= 0.3 is 0 Å². The number of hydrogen-bond donors (Lipinski definition) is 1. The number of nitrogens with one attached hydrogen (secondary N) is 1. The molecule has 2 aromatic rings. The lowest BCUT2D eigenvalue weighted by Gasteiger charge is -2.14. The molecule has 6 heteroatoms. The maximum absolute atomic E-state index is 5.16. The molecule has 2 aromatic heterocycles. The summed E-state index contributed by atoms with van der Waals surface area (Å²) in [5.41, 5.74) is 1.23. The molecule has 0 spiro atoms. The summed E-state index contributed by atoms with van der Waals surface area (Å²) < 4.78 is 7.90. The van der Waals surface area contributed by atoms with Crippen LogP contribution in [0.1, 0.15) is 19.3 Å². The Morgan fingerprint density at radius 2 is 2.37 bits per heavy atom. The van der Waals surface area contributed by atoms with Crippen LogP contribution in [0.4, 0.5) is 5.95 Å². The van der Waals surface area contributed by atoms with Crippen LogP contribution in [0.15, 0.2) is 22.8 Å². The van der Waals surface area contributed by atoms with Crippen LogP contribution >= 0.6 is 15.9 Å². The third-order valence-corrected chi connectivity index (χ3v) is 4.35. The predicted octanol–water partition coefficient (Wildman–Crippen LogP) is 2.72. The first-order chi connectivity index (χ1) is 9.22. The largest absolute Gasteiger partial charge is 0.385 e. The highest BCUT2D eigenvalue weighted by atomic mass is 79.9. The fourth-order valence-corrected chi connectivity index (χ4v) is 2.65. The number of nitrogens with zero attached hydrogens (tertiary/aromatic N) is 3. The van der Waals surface area contributed by atoms with E-state index in [4.69, 9.17) is 4.74 Å². The quantitative estimate of drug-likeness (QED) is 0.887. The van der Waals surface area contributed by atoms with E-state index < -0.39 is 0 Å². The number of hydrogen-bond acceptors (Lipinski definition) is 4. The van der Waals surface area contributed by atoms with Crippen LogP contribution in [0.25, 0.3) is 5.65 Å². The minimum absolute atomic E-state index is 0.394. The lowest BCUT2D eigenvalue weighted by atomic mass is 10.0. The standard InChI is InChI=1S/C13H17BrN4O/c1-19-8-6-13(4-5-13)9-15-12-16-11-10(14)3-2-7-18(11)17-12/h2-3,7H,4-6,8-9H2,1H3,(H,15,17). The van der Waals surface area contributed by atoms with Crippen molar-refractivity contribution in [3.63, 3.8) is 0 Å². The maximum atomic E-state index is 5.16. The first-order valence-corrected chi connectivity index (χ1v) is 7.25. The third kappa shape index (κ3) is 2.74. The van der Waals surface area contributed by atoms with Crippen molar-refractivity contribution in [2.45, 2.75) is 19.3 Å². The van der Waals surface area contributed by atoms with E-state index >= 15 is 0 Å². The molecule has 0 bridgehead atoms. The first-order valence-electron chi connectivity index (χ1n) is 6.46. The Hall–Kier alpha value is -1.14. The van der Waals surface area contributed by atoms with Gasteiger partial charge in [0.25, 0.3) is 0 Å². The van der Waals surface area contributed by atoms with Crippen molar-refractivity contribution in [1.29, 1.82) is 0 Å². The molecule has 0 aliphatic heterocycles. The van der Waals surface area contributed by atoms with Crippen LogP contribution in [0, 0.1) is 5.41 Å². The zero-order valence-electron chi connectivity index (χ0n) is 10.9. The van der Waals surface area contributed by atoms with E-state index in [1.165, 1.54) is 12.8 Å². The Kier molecular flexibility index (Phi) is 3.45. The summed E-state index contributed by atoms with van der Waals surface area (Å²) in [6.07, 6.45) is 5.53. The molecule has 0 unspecified atom stereocenters. The number of ether oxygens (including phenoxy) is 1. The van der Waals surface area contributed by atoms with Gasteiger partial charge in [-0.05, 0) is 52.7 Å². The van der Waals surface area contributed by atoms with Gasteiger partial charge in [-0.2, -0.15) is 4.98 Å². The number of rotatable bonds is 6. The van der Waals surface area contributed by atoms with Crippen LogP contribution in [-0.2, 0) is 4.74 Å². The van der Waals surface area contributed by atoms with E-state index in [9.17, 15) is 0 Å². The molecule has 1 saturated carbocycles. The van der Waals surface area contributed by atoms with Gasteiger partial charge in [0.2, 0.25) is 5.95 Å². The Balaban J connectivity index is 1.67. The number of fused-ring (bicyclic) bond motifs is 1. The van der Waals surface area contributed by atoms with Crippen molar-refractivity contribution in [3.05, 3.63) is 22.8 Å². The molecule has 102 valence electrons. The second-order valence-corrected chi connectivity index (χ2v) is 6.01. The summed E-state index contributed by atoms with van der Waals surface area (Å²) in [6.45, 7) is 1.75. The van der Waals surface area contributed by atoms with Gasteiger partial charge in [-0.15, -0.1) is 5.10 Å². The van der Waals surface area contributed by atoms with Crippen molar-refractivity contribution in [2.24, 2.45) is 5.41 Å². The van der Waals surface area contributed by atoms with Crippen LogP contribution < -0.4 is 5.32 Å². The number of pyridine rings is 1. The van der Waals surface area contributed by atoms with E-state index in [2.05, 4.69) is 31.3 Å². The summed E-state index contributed by atoms with van der Waals surface area (Å²) in [5, 5.41) is 7.77. The third-order valence-electron chi connectivity index (χ3n) is 3.73. The van der Waals surface area contributed by atoms with Gasteiger partial charge < -0.3 is 10.1 Å². The van der Waals surface area contributed by atoms with Crippen molar-refractivity contribution < 1.29 is 4.74 Å². The molecular weight excluding hydrogens is 308 g/mol. The van der Waals surface area contributed by atoms with Gasteiger partial charge in [-0.3, -0.25) is 0 Å². The van der Waals surface area contributed by atoms with E-state index in [0.29, 0.717) is 11.4 Å². The second-order valence-electron chi connectivity index (χ2n) is 5.16. The number of methoxy groups -OCH3 is 1. The smallest absolute Gasteiger partial charge is 0.243 e. The number of anilines is 1. The van der Waals surface area contributed by atoms with Crippen LogP contribution in [0.2, 0.25) is 0 Å². The van der Waals surface area contributed by atoms with Gasteiger partial charge in [0.1, 0.15) is 0 Å². The molecule has 2 heterocycles. The molecular formula is C13H17BrN4O. The number of halogens is 1. The lowest BCUT2D eigenvalue weighted by Crippen LogP contribution is -2.17. The van der Waals surface area contributed by atoms with E-state index in [1.54, 1.807) is 11.6 Å². The lowest BCUT2D eigenvalue weighted by molar-refractivity contribution is 0.175. The molecule has 0 radical (unpaired) electrons. The van der Waals surface area contributed by atoms with Crippen molar-refractivity contribution in [2.75, 3.05) is 25.6 Å². The van der Waals surface area contributed by atoms with Crippen molar-refractivity contribution in [3.8, 4) is 0 Å². The van der Waals surface area contributed by atoms with E-state index in [-0.39, 0.29) is 0 Å². The zero-order chi connectivity index (χ0) is 13.3. The topological polar surface area (TPSA) is 51.5 Å². The highest BCUT2D eigenvalue weighted by Crippen LogP contribution is 2.48. The van der Waals surface area contributed by atoms with Gasteiger partial charge in [-0.25, -0.2) is 4.52 Å². The molecule has 3 rings (SSSR count). The summed E-state index contributed by atoms with van der Waals surface area (Å²) in [4.78, 5) is 4.49. The molecule has 0 saturated heterocycles. The van der Waals surface area contributed by atoms with Crippen LogP contribution in [0.3, 0.4) is 0 Å². The highest BCUT2D eigenvalue weighted by Gasteiger charge is 2.41. The zero-order valence-corrected chi connectivity index (χ0v) is 12.5. The highest BCUT2D eigenvalue weighted by molar-refractivity contribution is 9.10. The average Bonchev–Trinajstić information content (AvgIpc) is 3.05. The fourth-order valence-electron chi connectivity index (χ4n) is 2.23. The molecule has 0 amide bonds. The second kappa shape index (κ2) is 5.09. The summed E-state index contributed by atoms with van der Waals surface area (Å²) in [5.74, 6) is 0.690. The van der Waals surface area contributed by atoms with Gasteiger partial charge in [0.05, 0.1) is 4.47 Å². The summed E-state index contributed by atoms with van der Waals surface area (Å²) >= 11 is 3.48. The molecule has 0 atom stereocenters. The van der Waals surface area contributed by atoms with Gasteiger partial charge in [-0.1, -0.05) is 0 Å². The SMILES string of the molecule is COCCC1(CNc2nc3c(Br)cccn3n2)CC1. The fraction of sp³-hybridized carbons (Fsp3) is 0.538. The minimum atomic E-state index is 0.394. The van der Waals surface area contributed by atoms with Gasteiger partial charge in [0.15, 0.2) is 5.65 Å². The molecule has 1 N–H and O–H groups in total. The van der Waals surface area contributed by atoms with Crippen molar-refractivity contribution in [1.82, 2.24) is 14.6 Å². The normalized spacial score (nSPS) is 16.7. The van der Waals surface area contributed by atoms with E-state index in [1.807, 2.05) is 18.3 Å². The summed E-state index contributed by atoms with van der Waals surface area (Å²) in [6, 6.07) is 3.91. The molecule has 1 aliphatic carbocycles. The molecule has 19 heavy (non-hydrogen) atoms. The van der Waals surface area contributed by atoms with Crippen molar-refractivity contribution >= 4 is 27.5 Å². The van der Waals surface area contributed by atoms with Crippen LogP contribution in [-0.4, -0.2) is 34.9 Å². The van der Waals surface area contributed by atoms with Gasteiger partial charge in [0, 0.05) is 26.5 Å². The number of aromatic nitrogens is 3. The average molecular weight is 325 g/mol. The predicted molar refractivity (Wildman–Crippen MR) is 77.3 cm³/mol. The summed E-state index contributed by atoms with van der Waals surface area (Å²) in [7, 11) is 1.75. The molecule has 5 nitrogen and oxygen atoms in total. The Labute approximate surface area is 120 Å². The Bertz CT molecular complexity index is 579. The maximum Gasteiger partial charge on any atom is 0.243 e. The van der Waals surface area contributed by atoms with E-state index in [0.717, 1.165) is 29.7 Å². The Morgan fingerprint density at radius 1 is 1.53 bits per heavy atom. The first kappa shape index (κ1) is 12.9. The minimum Gasteiger partial charge on any atom is -0.385 e. The molecule has 1 fully saturated rings. The monoisotopic (exact) mass is 324 g/mol. The van der Waals surface area contributed by atoms with Crippen LogP contribution in [0.5, 0.6) is 0 Å². The Morgan fingerprint density at radius 3 is 3.05 bits per heavy atom. The molecule has 0 aromatic carbocycles.